The number of likely N-dealkylation sites (N-methyl/N-ethyl adjacent to an activating group) is 1. The molecule has 1 aromatic carbocycles. The van der Waals surface area contributed by atoms with Gasteiger partial charge < -0.3 is 46.2 Å². The van der Waals surface area contributed by atoms with Crippen molar-refractivity contribution in [3.63, 3.8) is 0 Å². The first kappa shape index (κ1) is 31.3. The molecule has 3 aliphatic rings. The number of Topliss-reactive ketones (excluding diaryl/α,β-unsaturated/α-hetero) is 2. The minimum Gasteiger partial charge on any atom is -0.510 e. The maximum absolute atomic E-state index is 14.1. The molecule has 0 aliphatic heterocycles. The second-order valence-corrected chi connectivity index (χ2v) is 12.1. The van der Waals surface area contributed by atoms with Crippen LogP contribution in [0.25, 0.3) is 0 Å². The molecule has 4 rings (SSSR count). The van der Waals surface area contributed by atoms with Crippen LogP contribution in [0.1, 0.15) is 41.8 Å². The lowest BCUT2D eigenvalue weighted by Gasteiger charge is -2.50. The Kier molecular flexibility index (Phi) is 8.35. The Morgan fingerprint density at radius 3 is 2.38 bits per heavy atom. The van der Waals surface area contributed by atoms with E-state index in [-0.39, 0.29) is 48.6 Å². The van der Waals surface area contributed by atoms with E-state index >= 15 is 0 Å². The number of carbonyl (C=O) groups is 3. The molecule has 0 fully saturated rings. The minimum absolute atomic E-state index is 0.0201. The Labute approximate surface area is 243 Å². The molecule has 1 unspecified atom stereocenters. The molecule has 3 aliphatic carbocycles. The number of nitrogens with zero attached hydrogens (tertiary/aromatic N) is 2. The summed E-state index contributed by atoms with van der Waals surface area (Å²) in [5, 5.41) is 58.2. The maximum atomic E-state index is 14.1. The van der Waals surface area contributed by atoms with Gasteiger partial charge in [-0.1, -0.05) is 13.8 Å². The van der Waals surface area contributed by atoms with Gasteiger partial charge in [0.05, 0.1) is 23.8 Å². The zero-order valence-electron chi connectivity index (χ0n) is 24.6. The number of ether oxygens (including phenoxy) is 1. The van der Waals surface area contributed by atoms with Gasteiger partial charge in [-0.25, -0.2) is 4.79 Å². The standard InChI is InChI=1S/C29H40N4O9/c1-12(2)11-42-28(40)31-10-14-9-17(32(3)4)15-7-13-8-16-21(33(5)6)24(36)20(27(30)39)26(38)29(16,41)25(37)18(13)23(35)19(15)22(14)34/h9,12-13,16,21,27,34,36-37,39,41H,7-8,10-11,30H2,1-6H3,(H,31,40)/t13-,16-,21-,27?,29-/m0/s1. The first-order chi connectivity index (χ1) is 19.5. The van der Waals surface area contributed by atoms with Crippen LogP contribution in [0.3, 0.4) is 0 Å². The van der Waals surface area contributed by atoms with Crippen molar-refractivity contribution in [2.24, 2.45) is 23.5 Å². The summed E-state index contributed by atoms with van der Waals surface area (Å²) < 4.78 is 5.13. The fraction of sp³-hybridized carbons (Fsp3) is 0.552. The topological polar surface area (TPSA) is 206 Å². The van der Waals surface area contributed by atoms with E-state index in [4.69, 9.17) is 10.5 Å². The van der Waals surface area contributed by atoms with Crippen molar-refractivity contribution in [3.05, 3.63) is 45.4 Å². The van der Waals surface area contributed by atoms with E-state index in [1.54, 1.807) is 44.1 Å². The molecule has 1 amide bonds. The Hall–Kier alpha value is -3.65. The van der Waals surface area contributed by atoms with Gasteiger partial charge in [0.2, 0.25) is 5.78 Å². The molecule has 13 nitrogen and oxygen atoms in total. The summed E-state index contributed by atoms with van der Waals surface area (Å²) in [6, 6.07) is 0.653. The van der Waals surface area contributed by atoms with E-state index in [1.807, 2.05) is 13.8 Å². The number of ketones is 2. The van der Waals surface area contributed by atoms with E-state index in [0.29, 0.717) is 11.3 Å². The average Bonchev–Trinajstić information content (AvgIpc) is 2.88. The molecule has 13 heteroatoms. The summed E-state index contributed by atoms with van der Waals surface area (Å²) in [6.45, 7) is 3.82. The summed E-state index contributed by atoms with van der Waals surface area (Å²) in [5.41, 5.74) is 3.23. The first-order valence-corrected chi connectivity index (χ1v) is 13.8. The maximum Gasteiger partial charge on any atom is 0.407 e. The molecule has 230 valence electrons. The summed E-state index contributed by atoms with van der Waals surface area (Å²) >= 11 is 0. The summed E-state index contributed by atoms with van der Waals surface area (Å²) in [4.78, 5) is 43.0. The van der Waals surface area contributed by atoms with Crippen LogP contribution in [0.15, 0.2) is 28.7 Å². The number of aliphatic hydroxyl groups excluding tert-OH is 3. The Morgan fingerprint density at radius 1 is 1.19 bits per heavy atom. The lowest BCUT2D eigenvalue weighted by atomic mass is 9.58. The largest absolute Gasteiger partial charge is 0.510 e. The van der Waals surface area contributed by atoms with Crippen molar-refractivity contribution in [1.82, 2.24) is 10.2 Å². The van der Waals surface area contributed by atoms with Crippen LogP contribution >= 0.6 is 0 Å². The van der Waals surface area contributed by atoms with Gasteiger partial charge in [-0.3, -0.25) is 14.5 Å². The number of fused-ring (bicyclic) bond motifs is 3. The second-order valence-electron chi connectivity index (χ2n) is 12.1. The normalized spacial score (nSPS) is 26.2. The van der Waals surface area contributed by atoms with Crippen molar-refractivity contribution in [2.45, 2.75) is 51.1 Å². The number of hydrogen-bond acceptors (Lipinski definition) is 12. The molecule has 8 N–H and O–H groups in total. The third-order valence-electron chi connectivity index (χ3n) is 8.32. The summed E-state index contributed by atoms with van der Waals surface area (Å²) in [5.74, 6) is -5.42. The zero-order valence-corrected chi connectivity index (χ0v) is 24.6. The second kappa shape index (κ2) is 11.2. The summed E-state index contributed by atoms with van der Waals surface area (Å²) in [7, 11) is 6.73. The molecule has 0 radical (unpaired) electrons. The van der Waals surface area contributed by atoms with Gasteiger partial charge in [0.1, 0.15) is 23.5 Å². The number of aliphatic hydroxyl groups is 4. The van der Waals surface area contributed by atoms with E-state index in [2.05, 4.69) is 5.32 Å². The molecule has 1 aromatic rings. The van der Waals surface area contributed by atoms with Crippen LogP contribution in [0.2, 0.25) is 0 Å². The predicted octanol–water partition coefficient (Wildman–Crippen LogP) is 0.861. The molecule has 0 saturated heterocycles. The molecule has 5 atom stereocenters. The number of alkyl carbamates (subject to hydrolysis) is 1. The van der Waals surface area contributed by atoms with Crippen LogP contribution in [-0.4, -0.2) is 101 Å². The van der Waals surface area contributed by atoms with Gasteiger partial charge in [-0.15, -0.1) is 0 Å². The van der Waals surface area contributed by atoms with E-state index in [1.165, 1.54) is 0 Å². The molecule has 0 saturated carbocycles. The predicted molar refractivity (Wildman–Crippen MR) is 152 cm³/mol. The van der Waals surface area contributed by atoms with Gasteiger partial charge in [0, 0.05) is 43.4 Å². The monoisotopic (exact) mass is 588 g/mol. The first-order valence-electron chi connectivity index (χ1n) is 13.8. The Balaban J connectivity index is 1.83. The lowest BCUT2D eigenvalue weighted by molar-refractivity contribution is -0.148. The smallest absolute Gasteiger partial charge is 0.407 e. The number of allylic oxidation sites excluding steroid dienone is 1. The number of phenolic OH excluding ortho intramolecular Hbond substituents is 1. The zero-order chi connectivity index (χ0) is 31.4. The van der Waals surface area contributed by atoms with Crippen molar-refractivity contribution in [3.8, 4) is 5.75 Å². The number of rotatable bonds is 7. The van der Waals surface area contributed by atoms with Crippen molar-refractivity contribution in [1.29, 1.82) is 0 Å². The number of aromatic hydroxyl groups is 1. The van der Waals surface area contributed by atoms with Crippen LogP contribution in [0, 0.1) is 17.8 Å². The van der Waals surface area contributed by atoms with Gasteiger partial charge in [0.25, 0.3) is 0 Å². The Bertz CT molecular complexity index is 1380. The van der Waals surface area contributed by atoms with Gasteiger partial charge in [0.15, 0.2) is 11.4 Å². The van der Waals surface area contributed by atoms with E-state index < -0.39 is 70.2 Å². The minimum atomic E-state index is -2.66. The number of nitrogens with two attached hydrogens (primary N) is 1. The fourth-order valence-electron chi connectivity index (χ4n) is 6.42. The number of anilines is 1. The Morgan fingerprint density at radius 2 is 1.83 bits per heavy atom. The number of carbonyl (C=O) groups excluding carboxylic acids is 3. The van der Waals surface area contributed by atoms with Crippen molar-refractivity contribution < 1.29 is 44.7 Å². The van der Waals surface area contributed by atoms with Crippen molar-refractivity contribution >= 4 is 23.3 Å². The van der Waals surface area contributed by atoms with Crippen LogP contribution in [0.5, 0.6) is 5.75 Å². The number of amides is 1. The SMILES string of the molecule is CC(C)COC(=O)NCc1cc(N(C)C)c2c(c1O)C(=O)C1=C(O)[C@]3(O)C(=O)C(C(N)O)=C(O)[C@@H](N(C)C)[C@@H]3C[C@@H]1C2. The lowest BCUT2D eigenvalue weighted by Crippen LogP contribution is -2.64. The quantitative estimate of drug-likeness (QED) is 0.222. The summed E-state index contributed by atoms with van der Waals surface area (Å²) in [6.07, 6.45) is -2.45. The molecule has 0 heterocycles. The third-order valence-corrected chi connectivity index (χ3v) is 8.32. The van der Waals surface area contributed by atoms with Crippen LogP contribution in [0.4, 0.5) is 10.5 Å². The van der Waals surface area contributed by atoms with Gasteiger partial charge >= 0.3 is 6.09 Å². The molecular formula is C29H40N4O9. The van der Waals surface area contributed by atoms with Crippen LogP contribution in [-0.2, 0) is 22.5 Å². The highest BCUT2D eigenvalue weighted by atomic mass is 16.5. The highest BCUT2D eigenvalue weighted by Gasteiger charge is 2.63. The fourth-order valence-corrected chi connectivity index (χ4v) is 6.42. The molecule has 42 heavy (non-hydrogen) atoms. The molecule has 0 aromatic heterocycles. The van der Waals surface area contributed by atoms with Gasteiger partial charge in [-0.2, -0.15) is 0 Å². The molecule has 0 spiro atoms. The van der Waals surface area contributed by atoms with E-state index in [9.17, 15) is 39.9 Å². The highest BCUT2D eigenvalue weighted by Crippen LogP contribution is 2.53. The highest BCUT2D eigenvalue weighted by molar-refractivity contribution is 6.16. The van der Waals surface area contributed by atoms with Crippen molar-refractivity contribution in [2.75, 3.05) is 39.7 Å². The van der Waals surface area contributed by atoms with E-state index in [0.717, 1.165) is 0 Å². The number of nitrogens with one attached hydrogen (secondary N) is 1. The number of hydrogen-bond donors (Lipinski definition) is 7. The van der Waals surface area contributed by atoms with Crippen LogP contribution < -0.4 is 16.0 Å². The molecular weight excluding hydrogens is 548 g/mol. The third kappa shape index (κ3) is 4.89. The average molecular weight is 589 g/mol. The van der Waals surface area contributed by atoms with Gasteiger partial charge in [-0.05, 0) is 50.4 Å². The number of benzene rings is 1. The molecule has 0 bridgehead atoms. The number of phenols is 1.